The van der Waals surface area contributed by atoms with Crippen LogP contribution in [0.25, 0.3) is 0 Å². The largest absolute Gasteiger partial charge is 0.508 e. The zero-order chi connectivity index (χ0) is 10.6. The first-order valence-electron chi connectivity index (χ1n) is 3.95. The van der Waals surface area contributed by atoms with Gasteiger partial charge < -0.3 is 9.47 Å². The first-order chi connectivity index (χ1) is 6.47. The van der Waals surface area contributed by atoms with Gasteiger partial charge in [-0.2, -0.15) is 24.9 Å². The highest BCUT2D eigenvalue weighted by Crippen LogP contribution is 2.21. The van der Waals surface area contributed by atoms with Crippen molar-refractivity contribution in [3.63, 3.8) is 0 Å². The van der Waals surface area contributed by atoms with Gasteiger partial charge in [0.1, 0.15) is 6.10 Å². The molecule has 0 aromatic heterocycles. The molecule has 82 valence electrons. The van der Waals surface area contributed by atoms with Gasteiger partial charge in [-0.3, -0.25) is 0 Å². The first kappa shape index (κ1) is 11.5. The molecule has 1 heterocycles. The van der Waals surface area contributed by atoms with Crippen molar-refractivity contribution in [2.45, 2.75) is 18.7 Å². The second-order valence-corrected chi connectivity index (χ2v) is 3.91. The fourth-order valence-electron chi connectivity index (χ4n) is 0.917. The third-order valence-corrected chi connectivity index (χ3v) is 2.64. The molecule has 14 heavy (non-hydrogen) atoms. The Kier molecular flexibility index (Phi) is 3.91. The van der Waals surface area contributed by atoms with Gasteiger partial charge in [-0.05, 0) is 12.2 Å². The van der Waals surface area contributed by atoms with Crippen LogP contribution in [0.3, 0.4) is 0 Å². The smallest absolute Gasteiger partial charge is 0.430 e. The van der Waals surface area contributed by atoms with Gasteiger partial charge in [0.25, 0.3) is 0 Å². The van der Waals surface area contributed by atoms with Crippen LogP contribution < -0.4 is 0 Å². The summed E-state index contributed by atoms with van der Waals surface area (Å²) in [7, 11) is 0. The van der Waals surface area contributed by atoms with E-state index in [2.05, 4.69) is 9.47 Å². The Morgan fingerprint density at radius 2 is 2.21 bits per heavy atom. The number of alkyl halides is 3. The van der Waals surface area contributed by atoms with E-state index in [4.69, 9.17) is 0 Å². The van der Waals surface area contributed by atoms with Gasteiger partial charge in [0.05, 0.1) is 0 Å². The molecule has 1 rings (SSSR count). The van der Waals surface area contributed by atoms with Gasteiger partial charge >= 0.3 is 12.3 Å². The van der Waals surface area contributed by atoms with Crippen LogP contribution in [0, 0.1) is 0 Å². The van der Waals surface area contributed by atoms with Crippen molar-refractivity contribution in [2.75, 3.05) is 18.1 Å². The lowest BCUT2D eigenvalue weighted by Crippen LogP contribution is -2.24. The highest BCUT2D eigenvalue weighted by molar-refractivity contribution is 7.99. The van der Waals surface area contributed by atoms with E-state index in [0.29, 0.717) is 12.2 Å². The number of thioether (sulfide) groups is 1. The molecule has 7 heteroatoms. The summed E-state index contributed by atoms with van der Waals surface area (Å²) in [4.78, 5) is 10.7. The number of hydrogen-bond donors (Lipinski definition) is 0. The minimum Gasteiger partial charge on any atom is -0.430 e. The second-order valence-electron chi connectivity index (χ2n) is 2.76. The minimum atomic E-state index is -4.50. The van der Waals surface area contributed by atoms with E-state index < -0.39 is 18.9 Å². The molecular weight excluding hydrogens is 221 g/mol. The minimum absolute atomic E-state index is 0.305. The molecule has 1 fully saturated rings. The molecule has 0 amide bonds. The summed E-state index contributed by atoms with van der Waals surface area (Å²) in [5, 5.41) is 0. The average molecular weight is 230 g/mol. The quantitative estimate of drug-likeness (QED) is 0.681. The normalized spacial score (nSPS) is 22.1. The van der Waals surface area contributed by atoms with Crippen LogP contribution >= 0.6 is 11.8 Å². The Labute approximate surface area is 82.9 Å². The molecule has 0 aromatic carbocycles. The van der Waals surface area contributed by atoms with E-state index in [1.807, 2.05) is 0 Å². The lowest BCUT2D eigenvalue weighted by Gasteiger charge is -2.11. The zero-order valence-corrected chi connectivity index (χ0v) is 7.99. The highest BCUT2D eigenvalue weighted by Gasteiger charge is 2.30. The van der Waals surface area contributed by atoms with Crippen molar-refractivity contribution in [1.82, 2.24) is 0 Å². The Morgan fingerprint density at radius 1 is 1.50 bits per heavy atom. The average Bonchev–Trinajstić information content (AvgIpc) is 2.52. The van der Waals surface area contributed by atoms with E-state index in [1.165, 1.54) is 0 Å². The lowest BCUT2D eigenvalue weighted by atomic mass is 10.3. The number of ether oxygens (including phenoxy) is 2. The van der Waals surface area contributed by atoms with Crippen LogP contribution in [0.2, 0.25) is 0 Å². The predicted octanol–water partition coefficient (Wildman–Crippen LogP) is 2.21. The summed E-state index contributed by atoms with van der Waals surface area (Å²) < 4.78 is 43.3. The molecule has 1 atom stereocenters. The van der Waals surface area contributed by atoms with Crippen LogP contribution in [-0.4, -0.2) is 36.5 Å². The molecule has 0 aromatic rings. The molecule has 0 saturated carbocycles. The van der Waals surface area contributed by atoms with Gasteiger partial charge in [0, 0.05) is 5.75 Å². The summed E-state index contributed by atoms with van der Waals surface area (Å²) >= 11 is 1.59. The molecule has 0 N–H and O–H groups in total. The molecule has 1 saturated heterocycles. The summed E-state index contributed by atoms with van der Waals surface area (Å²) in [6, 6.07) is 0. The summed E-state index contributed by atoms with van der Waals surface area (Å²) in [5.74, 6) is 1.48. The van der Waals surface area contributed by atoms with Gasteiger partial charge in [0.2, 0.25) is 0 Å². The Bertz CT molecular complexity index is 201. The summed E-state index contributed by atoms with van der Waals surface area (Å²) in [5.41, 5.74) is 0. The Hall–Kier alpha value is -0.590. The Morgan fingerprint density at radius 3 is 2.71 bits per heavy atom. The van der Waals surface area contributed by atoms with E-state index >= 15 is 0 Å². The van der Waals surface area contributed by atoms with E-state index in [-0.39, 0.29) is 6.10 Å². The molecule has 0 radical (unpaired) electrons. The van der Waals surface area contributed by atoms with Crippen LogP contribution in [-0.2, 0) is 9.47 Å². The van der Waals surface area contributed by atoms with Crippen LogP contribution in [0.5, 0.6) is 0 Å². The standard InChI is InChI=1S/C7H9F3O3S/c8-7(9,10)4-12-6(11)13-5-1-2-14-3-5/h5H,1-4H2. The first-order valence-corrected chi connectivity index (χ1v) is 5.11. The topological polar surface area (TPSA) is 35.5 Å². The molecular formula is C7H9F3O3S. The molecule has 0 bridgehead atoms. The maximum Gasteiger partial charge on any atom is 0.508 e. The van der Waals surface area contributed by atoms with Crippen LogP contribution in [0.1, 0.15) is 6.42 Å². The SMILES string of the molecule is O=C(OCC(F)(F)F)OC1CCSC1. The van der Waals surface area contributed by atoms with Crippen molar-refractivity contribution in [1.29, 1.82) is 0 Å². The maximum atomic E-state index is 11.6. The molecule has 1 unspecified atom stereocenters. The van der Waals surface area contributed by atoms with Crippen LogP contribution in [0.15, 0.2) is 0 Å². The number of carbonyl (C=O) groups is 1. The van der Waals surface area contributed by atoms with E-state index in [1.54, 1.807) is 11.8 Å². The number of carbonyl (C=O) groups excluding carboxylic acids is 1. The maximum absolute atomic E-state index is 11.6. The Balaban J connectivity index is 2.15. The van der Waals surface area contributed by atoms with Gasteiger partial charge in [-0.1, -0.05) is 0 Å². The van der Waals surface area contributed by atoms with Crippen molar-refractivity contribution in [2.24, 2.45) is 0 Å². The molecule has 0 aliphatic carbocycles. The fourth-order valence-corrected chi connectivity index (χ4v) is 2.01. The van der Waals surface area contributed by atoms with E-state index in [0.717, 1.165) is 5.75 Å². The van der Waals surface area contributed by atoms with Crippen molar-refractivity contribution in [3.05, 3.63) is 0 Å². The van der Waals surface area contributed by atoms with E-state index in [9.17, 15) is 18.0 Å². The van der Waals surface area contributed by atoms with Crippen molar-refractivity contribution >= 4 is 17.9 Å². The second kappa shape index (κ2) is 4.77. The third-order valence-electron chi connectivity index (χ3n) is 1.50. The summed E-state index contributed by atoms with van der Waals surface area (Å²) in [6.07, 6.45) is -5.37. The summed E-state index contributed by atoms with van der Waals surface area (Å²) in [6.45, 7) is -1.59. The van der Waals surface area contributed by atoms with Crippen molar-refractivity contribution in [3.8, 4) is 0 Å². The van der Waals surface area contributed by atoms with Gasteiger partial charge in [0.15, 0.2) is 6.61 Å². The van der Waals surface area contributed by atoms with Crippen LogP contribution in [0.4, 0.5) is 18.0 Å². The van der Waals surface area contributed by atoms with Gasteiger partial charge in [-0.25, -0.2) is 4.79 Å². The number of rotatable bonds is 2. The lowest BCUT2D eigenvalue weighted by molar-refractivity contribution is -0.166. The fraction of sp³-hybridized carbons (Fsp3) is 0.857. The molecule has 1 aliphatic heterocycles. The number of hydrogen-bond acceptors (Lipinski definition) is 4. The monoisotopic (exact) mass is 230 g/mol. The molecule has 1 aliphatic rings. The number of halogens is 3. The molecule has 0 spiro atoms. The molecule has 3 nitrogen and oxygen atoms in total. The van der Waals surface area contributed by atoms with Gasteiger partial charge in [-0.15, -0.1) is 0 Å². The third kappa shape index (κ3) is 4.59. The van der Waals surface area contributed by atoms with Crippen molar-refractivity contribution < 1.29 is 27.4 Å². The highest BCUT2D eigenvalue weighted by atomic mass is 32.2. The zero-order valence-electron chi connectivity index (χ0n) is 7.17. The predicted molar refractivity (Wildman–Crippen MR) is 44.2 cm³/mol.